The van der Waals surface area contributed by atoms with Crippen molar-refractivity contribution >= 4 is 31.9 Å². The van der Waals surface area contributed by atoms with Crippen molar-refractivity contribution in [1.82, 2.24) is 0 Å². The number of alkyl halides is 1. The molecule has 1 aromatic rings. The minimum atomic E-state index is 0.273. The van der Waals surface area contributed by atoms with E-state index in [1.54, 1.807) is 7.11 Å². The van der Waals surface area contributed by atoms with E-state index < -0.39 is 0 Å². The van der Waals surface area contributed by atoms with Crippen LogP contribution in [-0.2, 0) is 4.74 Å². The highest BCUT2D eigenvalue weighted by Gasteiger charge is 2.41. The summed E-state index contributed by atoms with van der Waals surface area (Å²) in [6.07, 6.45) is 0.594. The van der Waals surface area contributed by atoms with Crippen molar-refractivity contribution in [2.24, 2.45) is 11.8 Å². The number of ether oxygens (including phenoxy) is 2. The standard InChI is InChI=1S/C15H20Br2O2/c1-8-9(2)19-10(3)14(8)15(17)11-5-6-13(18-4)12(16)7-11/h5-10,14-15H,1-4H3. The average Bonchev–Trinajstić information content (AvgIpc) is 2.62. The maximum atomic E-state index is 5.94. The third-order valence-corrected chi connectivity index (χ3v) is 5.91. The molecule has 1 saturated heterocycles. The Balaban J connectivity index is 2.24. The van der Waals surface area contributed by atoms with Crippen molar-refractivity contribution in [2.45, 2.75) is 37.8 Å². The number of methoxy groups -OCH3 is 1. The number of hydrogen-bond donors (Lipinski definition) is 0. The summed E-state index contributed by atoms with van der Waals surface area (Å²) in [7, 11) is 1.68. The smallest absolute Gasteiger partial charge is 0.133 e. The zero-order valence-electron chi connectivity index (χ0n) is 11.7. The molecule has 2 rings (SSSR count). The van der Waals surface area contributed by atoms with Crippen LogP contribution in [0.4, 0.5) is 0 Å². The molecule has 1 fully saturated rings. The fourth-order valence-corrected chi connectivity index (χ4v) is 4.63. The van der Waals surface area contributed by atoms with E-state index in [0.29, 0.717) is 22.8 Å². The van der Waals surface area contributed by atoms with Gasteiger partial charge in [-0.2, -0.15) is 0 Å². The van der Waals surface area contributed by atoms with E-state index in [1.165, 1.54) is 5.56 Å². The van der Waals surface area contributed by atoms with E-state index in [2.05, 4.69) is 64.8 Å². The maximum Gasteiger partial charge on any atom is 0.133 e. The van der Waals surface area contributed by atoms with E-state index in [0.717, 1.165) is 10.2 Å². The van der Waals surface area contributed by atoms with Crippen molar-refractivity contribution in [3.63, 3.8) is 0 Å². The lowest BCUT2D eigenvalue weighted by Gasteiger charge is -2.25. The summed E-state index contributed by atoms with van der Waals surface area (Å²) in [5.74, 6) is 1.89. The summed E-state index contributed by atoms with van der Waals surface area (Å²) in [6.45, 7) is 6.59. The first-order valence-electron chi connectivity index (χ1n) is 6.58. The molecule has 0 bridgehead atoms. The van der Waals surface area contributed by atoms with Crippen LogP contribution in [0.15, 0.2) is 22.7 Å². The van der Waals surface area contributed by atoms with E-state index in [4.69, 9.17) is 9.47 Å². The van der Waals surface area contributed by atoms with Crippen molar-refractivity contribution < 1.29 is 9.47 Å². The number of halogens is 2. The van der Waals surface area contributed by atoms with E-state index in [9.17, 15) is 0 Å². The Morgan fingerprint density at radius 1 is 1.21 bits per heavy atom. The molecule has 0 N–H and O–H groups in total. The summed E-state index contributed by atoms with van der Waals surface area (Å²) in [4.78, 5) is 0.296. The van der Waals surface area contributed by atoms with Gasteiger partial charge in [0.15, 0.2) is 0 Å². The first-order valence-corrected chi connectivity index (χ1v) is 8.29. The summed E-state index contributed by atoms with van der Waals surface area (Å²) in [5, 5.41) is 0. The monoisotopic (exact) mass is 390 g/mol. The molecule has 5 unspecified atom stereocenters. The second-order valence-electron chi connectivity index (χ2n) is 5.28. The van der Waals surface area contributed by atoms with E-state index in [1.807, 2.05) is 6.07 Å². The van der Waals surface area contributed by atoms with Gasteiger partial charge in [0.1, 0.15) is 5.75 Å². The Hall–Kier alpha value is -0.0600. The molecule has 19 heavy (non-hydrogen) atoms. The molecule has 1 aromatic carbocycles. The van der Waals surface area contributed by atoms with Crippen molar-refractivity contribution in [2.75, 3.05) is 7.11 Å². The van der Waals surface area contributed by atoms with Crippen molar-refractivity contribution in [1.29, 1.82) is 0 Å². The van der Waals surface area contributed by atoms with Gasteiger partial charge in [-0.05, 0) is 53.4 Å². The number of benzene rings is 1. The van der Waals surface area contributed by atoms with Crippen LogP contribution in [0.25, 0.3) is 0 Å². The highest BCUT2D eigenvalue weighted by atomic mass is 79.9. The van der Waals surface area contributed by atoms with Gasteiger partial charge in [0.2, 0.25) is 0 Å². The van der Waals surface area contributed by atoms with Crippen LogP contribution in [0.1, 0.15) is 31.2 Å². The highest BCUT2D eigenvalue weighted by molar-refractivity contribution is 9.10. The molecule has 4 heteroatoms. The summed E-state index contributed by atoms with van der Waals surface area (Å²) < 4.78 is 12.2. The molecule has 2 nitrogen and oxygen atoms in total. The van der Waals surface area contributed by atoms with E-state index in [-0.39, 0.29) is 6.10 Å². The first-order chi connectivity index (χ1) is 8.95. The first kappa shape index (κ1) is 15.3. The molecule has 1 aliphatic heterocycles. The van der Waals surface area contributed by atoms with Gasteiger partial charge in [-0.3, -0.25) is 0 Å². The van der Waals surface area contributed by atoms with Crippen LogP contribution in [0.2, 0.25) is 0 Å². The predicted octanol–water partition coefficient (Wildman–Crippen LogP) is 4.95. The predicted molar refractivity (Wildman–Crippen MR) is 85.0 cm³/mol. The van der Waals surface area contributed by atoms with Crippen LogP contribution < -0.4 is 4.74 Å². The zero-order chi connectivity index (χ0) is 14.2. The van der Waals surface area contributed by atoms with Crippen LogP contribution in [0.3, 0.4) is 0 Å². The minimum Gasteiger partial charge on any atom is -0.496 e. The summed E-state index contributed by atoms with van der Waals surface area (Å²) in [5.41, 5.74) is 1.26. The molecule has 0 spiro atoms. The second-order valence-corrected chi connectivity index (χ2v) is 7.12. The fourth-order valence-electron chi connectivity index (χ4n) is 2.87. The second kappa shape index (κ2) is 6.15. The lowest BCUT2D eigenvalue weighted by atomic mass is 9.84. The average molecular weight is 392 g/mol. The normalized spacial score (nSPS) is 32.3. The van der Waals surface area contributed by atoms with Crippen LogP contribution >= 0.6 is 31.9 Å². The highest BCUT2D eigenvalue weighted by Crippen LogP contribution is 2.45. The summed E-state index contributed by atoms with van der Waals surface area (Å²) >= 11 is 7.41. The molecule has 5 atom stereocenters. The van der Waals surface area contributed by atoms with Crippen LogP contribution in [-0.4, -0.2) is 19.3 Å². The minimum absolute atomic E-state index is 0.273. The summed E-state index contributed by atoms with van der Waals surface area (Å²) in [6, 6.07) is 6.24. The molecule has 0 radical (unpaired) electrons. The molecule has 1 heterocycles. The quantitative estimate of drug-likeness (QED) is 0.678. The van der Waals surface area contributed by atoms with Crippen molar-refractivity contribution in [3.8, 4) is 5.75 Å². The SMILES string of the molecule is COc1ccc(C(Br)C2C(C)OC(C)C2C)cc1Br. The Kier molecular flexibility index (Phi) is 4.96. The van der Waals surface area contributed by atoms with Gasteiger partial charge < -0.3 is 9.47 Å². The van der Waals surface area contributed by atoms with Gasteiger partial charge in [0, 0.05) is 10.7 Å². The maximum absolute atomic E-state index is 5.94. The number of rotatable bonds is 3. The molecule has 0 saturated carbocycles. The van der Waals surface area contributed by atoms with Crippen LogP contribution in [0.5, 0.6) is 5.75 Å². The molecule has 1 aliphatic rings. The lowest BCUT2D eigenvalue weighted by molar-refractivity contribution is 0.0511. The van der Waals surface area contributed by atoms with Crippen molar-refractivity contribution in [3.05, 3.63) is 28.2 Å². The largest absolute Gasteiger partial charge is 0.496 e. The van der Waals surface area contributed by atoms with Gasteiger partial charge >= 0.3 is 0 Å². The van der Waals surface area contributed by atoms with Crippen LogP contribution in [0, 0.1) is 11.8 Å². The fraction of sp³-hybridized carbons (Fsp3) is 0.600. The van der Waals surface area contributed by atoms with Gasteiger partial charge in [-0.1, -0.05) is 28.9 Å². The van der Waals surface area contributed by atoms with Gasteiger partial charge in [0.25, 0.3) is 0 Å². The molecular formula is C15H20Br2O2. The van der Waals surface area contributed by atoms with Gasteiger partial charge in [-0.25, -0.2) is 0 Å². The molecule has 106 valence electrons. The Bertz CT molecular complexity index is 450. The topological polar surface area (TPSA) is 18.5 Å². The molecular weight excluding hydrogens is 372 g/mol. The molecule has 0 aromatic heterocycles. The van der Waals surface area contributed by atoms with Gasteiger partial charge in [-0.15, -0.1) is 0 Å². The van der Waals surface area contributed by atoms with Gasteiger partial charge in [0.05, 0.1) is 23.8 Å². The Labute approximate surface area is 132 Å². The Morgan fingerprint density at radius 3 is 2.37 bits per heavy atom. The third kappa shape index (κ3) is 3.01. The molecule has 0 aliphatic carbocycles. The third-order valence-electron chi connectivity index (χ3n) is 4.15. The zero-order valence-corrected chi connectivity index (χ0v) is 14.9. The Morgan fingerprint density at radius 2 is 1.89 bits per heavy atom. The lowest BCUT2D eigenvalue weighted by Crippen LogP contribution is -2.21. The molecule has 0 amide bonds. The van der Waals surface area contributed by atoms with E-state index >= 15 is 0 Å². The number of hydrogen-bond acceptors (Lipinski definition) is 2.